The molecular formula is C20H27N3O. The molecule has 0 heterocycles. The number of anilines is 1. The lowest BCUT2D eigenvalue weighted by molar-refractivity contribution is 0.196. The van der Waals surface area contributed by atoms with Gasteiger partial charge in [0.1, 0.15) is 12.8 Å². The Kier molecular flexibility index (Phi) is 5.62. The number of oxime groups is 1. The van der Waals surface area contributed by atoms with Crippen molar-refractivity contribution in [1.29, 1.82) is 0 Å². The lowest BCUT2D eigenvalue weighted by Gasteiger charge is -2.38. The molecule has 0 bridgehead atoms. The third-order valence-electron chi connectivity index (χ3n) is 4.53. The van der Waals surface area contributed by atoms with Crippen LogP contribution in [0.1, 0.15) is 18.1 Å². The fraction of sp³-hybridized carbons (Fsp3) is 0.350. The van der Waals surface area contributed by atoms with Crippen molar-refractivity contribution in [2.75, 3.05) is 40.2 Å². The van der Waals surface area contributed by atoms with E-state index in [4.69, 9.17) is 4.84 Å². The Labute approximate surface area is 145 Å². The van der Waals surface area contributed by atoms with Gasteiger partial charge >= 0.3 is 0 Å². The Morgan fingerprint density at radius 2 is 1.50 bits per heavy atom. The minimum atomic E-state index is -0.406. The highest BCUT2D eigenvalue weighted by molar-refractivity contribution is 6.07. The zero-order chi connectivity index (χ0) is 17.7. The van der Waals surface area contributed by atoms with Crippen molar-refractivity contribution in [1.82, 2.24) is 4.90 Å². The molecule has 1 atom stereocenters. The van der Waals surface area contributed by atoms with Crippen LogP contribution < -0.4 is 4.90 Å². The highest BCUT2D eigenvalue weighted by Crippen LogP contribution is 2.31. The highest BCUT2D eigenvalue weighted by Gasteiger charge is 2.36. The topological polar surface area (TPSA) is 28.1 Å². The quantitative estimate of drug-likeness (QED) is 0.600. The molecule has 24 heavy (non-hydrogen) atoms. The van der Waals surface area contributed by atoms with Crippen molar-refractivity contribution in [2.45, 2.75) is 12.5 Å². The normalized spacial score (nSPS) is 14.4. The van der Waals surface area contributed by atoms with Crippen LogP contribution in [-0.4, -0.2) is 45.9 Å². The van der Waals surface area contributed by atoms with E-state index in [1.165, 1.54) is 5.56 Å². The van der Waals surface area contributed by atoms with Gasteiger partial charge in [-0.05, 0) is 38.7 Å². The molecule has 0 saturated carbocycles. The van der Waals surface area contributed by atoms with Crippen LogP contribution in [0.25, 0.3) is 0 Å². The lowest BCUT2D eigenvalue weighted by Crippen LogP contribution is -2.46. The molecule has 4 nitrogen and oxygen atoms in total. The molecule has 0 aromatic heterocycles. The van der Waals surface area contributed by atoms with E-state index in [-0.39, 0.29) is 0 Å². The van der Waals surface area contributed by atoms with Gasteiger partial charge in [0.15, 0.2) is 0 Å². The smallest absolute Gasteiger partial charge is 0.111 e. The van der Waals surface area contributed by atoms with Gasteiger partial charge < -0.3 is 9.74 Å². The van der Waals surface area contributed by atoms with Crippen molar-refractivity contribution < 1.29 is 4.84 Å². The van der Waals surface area contributed by atoms with Crippen LogP contribution in [0.2, 0.25) is 0 Å². The van der Waals surface area contributed by atoms with Crippen LogP contribution in [0.15, 0.2) is 59.8 Å². The van der Waals surface area contributed by atoms with E-state index in [0.29, 0.717) is 0 Å². The third-order valence-corrected chi connectivity index (χ3v) is 4.53. The first-order valence-corrected chi connectivity index (χ1v) is 8.03. The highest BCUT2D eigenvalue weighted by atomic mass is 16.6. The molecule has 0 aliphatic carbocycles. The minimum absolute atomic E-state index is 0.406. The Morgan fingerprint density at radius 1 is 0.917 bits per heavy atom. The molecule has 0 radical (unpaired) electrons. The van der Waals surface area contributed by atoms with Crippen molar-refractivity contribution in [3.8, 4) is 0 Å². The molecule has 0 spiro atoms. The van der Waals surface area contributed by atoms with E-state index >= 15 is 0 Å². The van der Waals surface area contributed by atoms with Crippen LogP contribution in [0.5, 0.6) is 0 Å². The SMILES string of the molecule is CO/N=C(/c1ccc(N(C)C)cc1)C(C)(c1ccccc1)N(C)C. The first kappa shape index (κ1) is 18.0. The summed E-state index contributed by atoms with van der Waals surface area (Å²) in [5, 5.41) is 4.40. The third kappa shape index (κ3) is 3.44. The second kappa shape index (κ2) is 7.49. The molecular weight excluding hydrogens is 298 g/mol. The van der Waals surface area contributed by atoms with Crippen LogP contribution in [0.4, 0.5) is 5.69 Å². The standard InChI is InChI=1S/C20H27N3O/c1-20(23(4)5,17-10-8-7-9-11-17)19(21-24-6)16-12-14-18(15-13-16)22(2)3/h7-15H,1-6H3/b21-19-. The van der Waals surface area contributed by atoms with Gasteiger partial charge in [0.2, 0.25) is 0 Å². The van der Waals surface area contributed by atoms with E-state index in [9.17, 15) is 0 Å². The first-order chi connectivity index (χ1) is 11.4. The minimum Gasteiger partial charge on any atom is -0.399 e. The molecule has 0 fully saturated rings. The largest absolute Gasteiger partial charge is 0.399 e. The summed E-state index contributed by atoms with van der Waals surface area (Å²) in [5.74, 6) is 0. The molecule has 2 aromatic rings. The van der Waals surface area contributed by atoms with E-state index in [0.717, 1.165) is 17.0 Å². The molecule has 2 aromatic carbocycles. The van der Waals surface area contributed by atoms with Gasteiger partial charge in [-0.2, -0.15) is 0 Å². The number of rotatable bonds is 6. The summed E-state index contributed by atoms with van der Waals surface area (Å²) in [6.45, 7) is 2.17. The van der Waals surface area contributed by atoms with Crippen LogP contribution in [-0.2, 0) is 10.4 Å². The summed E-state index contributed by atoms with van der Waals surface area (Å²) >= 11 is 0. The summed E-state index contributed by atoms with van der Waals surface area (Å²) in [4.78, 5) is 9.45. The van der Waals surface area contributed by atoms with Gasteiger partial charge in [-0.15, -0.1) is 0 Å². The Morgan fingerprint density at radius 3 is 1.96 bits per heavy atom. The predicted octanol–water partition coefficient (Wildman–Crippen LogP) is 3.58. The number of hydrogen-bond donors (Lipinski definition) is 0. The van der Waals surface area contributed by atoms with Crippen molar-refractivity contribution in [3.63, 3.8) is 0 Å². The van der Waals surface area contributed by atoms with Gasteiger partial charge in [0.25, 0.3) is 0 Å². The molecule has 1 unspecified atom stereocenters. The molecule has 128 valence electrons. The maximum atomic E-state index is 5.20. The van der Waals surface area contributed by atoms with Gasteiger partial charge in [0, 0.05) is 25.3 Å². The predicted molar refractivity (Wildman–Crippen MR) is 102 cm³/mol. The number of hydrogen-bond acceptors (Lipinski definition) is 4. The van der Waals surface area contributed by atoms with E-state index < -0.39 is 5.54 Å². The van der Waals surface area contributed by atoms with Crippen molar-refractivity contribution >= 4 is 11.4 Å². The van der Waals surface area contributed by atoms with Crippen molar-refractivity contribution in [2.24, 2.45) is 5.16 Å². The van der Waals surface area contributed by atoms with Crippen LogP contribution >= 0.6 is 0 Å². The maximum Gasteiger partial charge on any atom is 0.111 e. The van der Waals surface area contributed by atoms with Gasteiger partial charge in [-0.3, -0.25) is 4.90 Å². The van der Waals surface area contributed by atoms with E-state index in [1.54, 1.807) is 7.11 Å². The molecule has 0 N–H and O–H groups in total. The fourth-order valence-corrected chi connectivity index (χ4v) is 2.80. The molecule has 0 aliphatic heterocycles. The average molecular weight is 325 g/mol. The molecule has 0 saturated heterocycles. The number of benzene rings is 2. The number of nitrogens with zero attached hydrogens (tertiary/aromatic N) is 3. The Balaban J connectivity index is 2.57. The Bertz CT molecular complexity index is 678. The molecule has 0 amide bonds. The average Bonchev–Trinajstić information content (AvgIpc) is 2.59. The van der Waals surface area contributed by atoms with E-state index in [1.807, 2.05) is 20.2 Å². The number of likely N-dealkylation sites (N-methyl/N-ethyl adjacent to an activating group) is 1. The summed E-state index contributed by atoms with van der Waals surface area (Å²) in [7, 11) is 9.79. The summed E-state index contributed by atoms with van der Waals surface area (Å²) in [6, 6.07) is 18.8. The fourth-order valence-electron chi connectivity index (χ4n) is 2.80. The first-order valence-electron chi connectivity index (χ1n) is 8.03. The summed E-state index contributed by atoms with van der Waals surface area (Å²) < 4.78 is 0. The zero-order valence-electron chi connectivity index (χ0n) is 15.4. The second-order valence-electron chi connectivity index (χ2n) is 6.40. The van der Waals surface area contributed by atoms with E-state index in [2.05, 4.69) is 84.5 Å². The lowest BCUT2D eigenvalue weighted by atomic mass is 9.82. The zero-order valence-corrected chi connectivity index (χ0v) is 15.4. The van der Waals surface area contributed by atoms with Crippen molar-refractivity contribution in [3.05, 3.63) is 65.7 Å². The van der Waals surface area contributed by atoms with Gasteiger partial charge in [-0.25, -0.2) is 0 Å². The Hall–Kier alpha value is -2.33. The molecule has 2 rings (SSSR count). The maximum absolute atomic E-state index is 5.20. The summed E-state index contributed by atoms with van der Waals surface area (Å²) in [6.07, 6.45) is 0. The monoisotopic (exact) mass is 325 g/mol. The second-order valence-corrected chi connectivity index (χ2v) is 6.40. The summed E-state index contributed by atoms with van der Waals surface area (Å²) in [5.41, 5.74) is 3.84. The van der Waals surface area contributed by atoms with Crippen LogP contribution in [0.3, 0.4) is 0 Å². The molecule has 4 heteroatoms. The van der Waals surface area contributed by atoms with Gasteiger partial charge in [-0.1, -0.05) is 47.6 Å². The van der Waals surface area contributed by atoms with Crippen LogP contribution in [0, 0.1) is 0 Å². The molecule has 0 aliphatic rings. The van der Waals surface area contributed by atoms with Gasteiger partial charge in [0.05, 0.1) is 5.54 Å².